The normalized spacial score (nSPS) is 18.7. The zero-order valence-electron chi connectivity index (χ0n) is 15.3. The number of aliphatic hydroxyl groups is 1. The molecular weight excluding hydrogens is 417 g/mol. The van der Waals surface area contributed by atoms with E-state index in [1.54, 1.807) is 11.8 Å². The molecule has 29 heavy (non-hydrogen) atoms. The molecule has 3 aromatic rings. The molecule has 1 nitrogen and oxygen atoms in total. The minimum Gasteiger partial charge on any atom is -0.392 e. The van der Waals surface area contributed by atoms with Crippen LogP contribution in [0, 0.1) is 0 Å². The van der Waals surface area contributed by atoms with Gasteiger partial charge in [0.1, 0.15) is 0 Å². The van der Waals surface area contributed by atoms with Crippen LogP contribution in [0.25, 0.3) is 0 Å². The lowest BCUT2D eigenvalue weighted by molar-refractivity contribution is -0.137. The van der Waals surface area contributed by atoms with E-state index in [0.717, 1.165) is 33.9 Å². The highest BCUT2D eigenvalue weighted by molar-refractivity contribution is 7.98. The Morgan fingerprint density at radius 1 is 0.966 bits per heavy atom. The van der Waals surface area contributed by atoms with Crippen molar-refractivity contribution in [1.29, 1.82) is 0 Å². The van der Waals surface area contributed by atoms with Crippen LogP contribution in [0.5, 0.6) is 0 Å². The molecule has 0 spiro atoms. The third-order valence-electron chi connectivity index (χ3n) is 5.17. The van der Waals surface area contributed by atoms with E-state index in [-0.39, 0.29) is 5.02 Å². The number of alkyl halides is 3. The van der Waals surface area contributed by atoms with Gasteiger partial charge in [-0.3, -0.25) is 0 Å². The zero-order valence-corrected chi connectivity index (χ0v) is 16.9. The van der Waals surface area contributed by atoms with Crippen molar-refractivity contribution in [2.75, 3.05) is 0 Å². The molecule has 2 atom stereocenters. The third kappa shape index (κ3) is 4.32. The number of fused-ring (bicyclic) bond motifs is 1. The SMILES string of the molecule is O[C@@H]1Cc2cc(SCc3ccccc3)ccc2[C@H]1c1ccc(C(F)(F)F)cc1Cl. The van der Waals surface area contributed by atoms with E-state index < -0.39 is 23.8 Å². The van der Waals surface area contributed by atoms with Crippen molar-refractivity contribution < 1.29 is 18.3 Å². The molecular formula is C23H18ClF3OS. The van der Waals surface area contributed by atoms with Crippen LogP contribution in [0.15, 0.2) is 71.6 Å². The third-order valence-corrected chi connectivity index (χ3v) is 6.57. The summed E-state index contributed by atoms with van der Waals surface area (Å²) in [5.41, 5.74) is 2.90. The summed E-state index contributed by atoms with van der Waals surface area (Å²) < 4.78 is 38.8. The number of benzene rings is 3. The van der Waals surface area contributed by atoms with Gasteiger partial charge < -0.3 is 5.11 Å². The molecule has 1 aliphatic carbocycles. The molecule has 1 aliphatic rings. The largest absolute Gasteiger partial charge is 0.416 e. The molecule has 3 aromatic carbocycles. The fraction of sp³-hybridized carbons (Fsp3) is 0.217. The van der Waals surface area contributed by atoms with Crippen molar-refractivity contribution >= 4 is 23.4 Å². The van der Waals surface area contributed by atoms with Gasteiger partial charge >= 0.3 is 6.18 Å². The number of thioether (sulfide) groups is 1. The molecule has 0 heterocycles. The second kappa shape index (κ2) is 8.05. The number of aliphatic hydroxyl groups excluding tert-OH is 1. The van der Waals surface area contributed by atoms with Crippen LogP contribution in [0.1, 0.15) is 33.7 Å². The highest BCUT2D eigenvalue weighted by Crippen LogP contribution is 2.43. The lowest BCUT2D eigenvalue weighted by atomic mass is 9.91. The molecule has 0 radical (unpaired) electrons. The van der Waals surface area contributed by atoms with Crippen LogP contribution in [0.3, 0.4) is 0 Å². The minimum atomic E-state index is -4.45. The van der Waals surface area contributed by atoms with Gasteiger partial charge in [0.15, 0.2) is 0 Å². The van der Waals surface area contributed by atoms with E-state index in [0.29, 0.717) is 12.0 Å². The summed E-state index contributed by atoms with van der Waals surface area (Å²) in [5.74, 6) is 0.420. The maximum absolute atomic E-state index is 12.9. The molecule has 0 unspecified atom stereocenters. The molecule has 0 amide bonds. The average Bonchev–Trinajstić information content (AvgIpc) is 3.01. The lowest BCUT2D eigenvalue weighted by Crippen LogP contribution is -2.15. The second-order valence-electron chi connectivity index (χ2n) is 7.12. The highest BCUT2D eigenvalue weighted by atomic mass is 35.5. The molecule has 150 valence electrons. The van der Waals surface area contributed by atoms with Gasteiger partial charge in [0.05, 0.1) is 11.7 Å². The van der Waals surface area contributed by atoms with Crippen LogP contribution in [0.2, 0.25) is 5.02 Å². The first kappa shape index (κ1) is 20.3. The van der Waals surface area contributed by atoms with E-state index in [9.17, 15) is 18.3 Å². The standard InChI is InChI=1S/C23H18ClF3OS/c24-20-12-16(23(25,26)27)6-8-19(20)22-18-9-7-17(10-15(18)11-21(22)28)29-13-14-4-2-1-3-5-14/h1-10,12,21-22,28H,11,13H2/t21-,22+/m1/s1. The van der Waals surface area contributed by atoms with Crippen LogP contribution >= 0.6 is 23.4 Å². The molecule has 4 rings (SSSR count). The highest BCUT2D eigenvalue weighted by Gasteiger charge is 2.36. The summed E-state index contributed by atoms with van der Waals surface area (Å²) in [6.45, 7) is 0. The predicted molar refractivity (Wildman–Crippen MR) is 110 cm³/mol. The molecule has 0 saturated carbocycles. The summed E-state index contributed by atoms with van der Waals surface area (Å²) in [6, 6.07) is 19.5. The Morgan fingerprint density at radius 3 is 2.38 bits per heavy atom. The fourth-order valence-electron chi connectivity index (χ4n) is 3.77. The molecule has 0 saturated heterocycles. The Hall–Kier alpha value is -1.95. The van der Waals surface area contributed by atoms with E-state index >= 15 is 0 Å². The number of hydrogen-bond acceptors (Lipinski definition) is 2. The molecule has 0 aromatic heterocycles. The summed E-state index contributed by atoms with van der Waals surface area (Å²) in [4.78, 5) is 1.10. The van der Waals surface area contributed by atoms with Crippen molar-refractivity contribution in [2.24, 2.45) is 0 Å². The average molecular weight is 435 g/mol. The number of hydrogen-bond donors (Lipinski definition) is 1. The Kier molecular flexibility index (Phi) is 5.65. The maximum Gasteiger partial charge on any atom is 0.416 e. The topological polar surface area (TPSA) is 20.2 Å². The molecule has 0 aliphatic heterocycles. The molecule has 1 N–H and O–H groups in total. The zero-order chi connectivity index (χ0) is 20.6. The van der Waals surface area contributed by atoms with Crippen molar-refractivity contribution in [3.8, 4) is 0 Å². The monoisotopic (exact) mass is 434 g/mol. The first-order valence-corrected chi connectivity index (χ1v) is 10.5. The van der Waals surface area contributed by atoms with E-state index in [4.69, 9.17) is 11.6 Å². The van der Waals surface area contributed by atoms with Gasteiger partial charge in [-0.2, -0.15) is 13.2 Å². The van der Waals surface area contributed by atoms with Gasteiger partial charge in [-0.25, -0.2) is 0 Å². The Labute approximate surface area is 176 Å². The van der Waals surface area contributed by atoms with Crippen molar-refractivity contribution in [1.82, 2.24) is 0 Å². The summed E-state index contributed by atoms with van der Waals surface area (Å²) in [6.07, 6.45) is -4.70. The molecule has 6 heteroatoms. The van der Waals surface area contributed by atoms with Gasteiger partial charge in [0.25, 0.3) is 0 Å². The van der Waals surface area contributed by atoms with Gasteiger partial charge in [-0.1, -0.05) is 54.1 Å². The van der Waals surface area contributed by atoms with Gasteiger partial charge in [-0.15, -0.1) is 11.8 Å². The van der Waals surface area contributed by atoms with Gasteiger partial charge in [0.2, 0.25) is 0 Å². The molecule has 0 fully saturated rings. The van der Waals surface area contributed by atoms with Crippen LogP contribution in [-0.2, 0) is 18.3 Å². The van der Waals surface area contributed by atoms with E-state index in [2.05, 4.69) is 18.2 Å². The van der Waals surface area contributed by atoms with E-state index in [1.165, 1.54) is 11.6 Å². The van der Waals surface area contributed by atoms with Crippen molar-refractivity contribution in [2.45, 2.75) is 35.3 Å². The number of rotatable bonds is 4. The first-order valence-electron chi connectivity index (χ1n) is 9.17. The fourth-order valence-corrected chi connectivity index (χ4v) is 4.99. The van der Waals surface area contributed by atoms with Gasteiger partial charge in [-0.05, 0) is 52.9 Å². The Bertz CT molecular complexity index is 1020. The minimum absolute atomic E-state index is 0.0271. The Morgan fingerprint density at radius 2 is 1.69 bits per heavy atom. The van der Waals surface area contributed by atoms with Crippen molar-refractivity contribution in [3.05, 3.63) is 99.6 Å². The smallest absolute Gasteiger partial charge is 0.392 e. The predicted octanol–water partition coefficient (Wildman–Crippen LogP) is 6.70. The van der Waals surface area contributed by atoms with Crippen molar-refractivity contribution in [3.63, 3.8) is 0 Å². The first-order chi connectivity index (χ1) is 13.8. The van der Waals surface area contributed by atoms with Gasteiger partial charge in [0, 0.05) is 21.6 Å². The second-order valence-corrected chi connectivity index (χ2v) is 8.57. The Balaban J connectivity index is 1.58. The van der Waals surface area contributed by atoms with Crippen LogP contribution in [0.4, 0.5) is 13.2 Å². The molecule has 0 bridgehead atoms. The summed E-state index contributed by atoms with van der Waals surface area (Å²) in [5, 5.41) is 10.7. The summed E-state index contributed by atoms with van der Waals surface area (Å²) in [7, 11) is 0. The maximum atomic E-state index is 12.9. The lowest BCUT2D eigenvalue weighted by Gasteiger charge is -2.19. The van der Waals surface area contributed by atoms with E-state index in [1.807, 2.05) is 30.3 Å². The van der Waals surface area contributed by atoms with Crippen LogP contribution in [-0.4, -0.2) is 11.2 Å². The van der Waals surface area contributed by atoms with Crippen LogP contribution < -0.4 is 0 Å². The number of halogens is 4. The quantitative estimate of drug-likeness (QED) is 0.461. The summed E-state index contributed by atoms with van der Waals surface area (Å²) >= 11 is 7.89.